The van der Waals surface area contributed by atoms with E-state index < -0.39 is 56.9 Å². The number of carbonyl (C=O) groups is 2. The zero-order chi connectivity index (χ0) is 31.9. The fraction of sp³-hybridized carbons (Fsp3) is 0.355. The van der Waals surface area contributed by atoms with Gasteiger partial charge in [0, 0.05) is 12.6 Å². The molecule has 232 valence electrons. The number of benzene rings is 3. The number of carbonyl (C=O) groups excluding carboxylic acids is 2. The maximum atomic E-state index is 14.1. The lowest BCUT2D eigenvalue weighted by atomic mass is 10.1. The average molecular weight is 638 g/mol. The van der Waals surface area contributed by atoms with Crippen LogP contribution in [0.3, 0.4) is 0 Å². The first-order chi connectivity index (χ1) is 20.2. The van der Waals surface area contributed by atoms with E-state index in [2.05, 4.69) is 5.32 Å². The smallest absolute Gasteiger partial charge is 0.352 e. The number of halogens is 4. The molecule has 2 amide bonds. The number of nitrogens with zero attached hydrogens (tertiary/aromatic N) is 2. The van der Waals surface area contributed by atoms with Gasteiger partial charge in [0.2, 0.25) is 11.8 Å². The molecule has 3 aromatic rings. The number of rotatable bonds is 12. The quantitative estimate of drug-likeness (QED) is 0.243. The Hall–Kier alpha value is -3.57. The zero-order valence-corrected chi connectivity index (χ0v) is 25.9. The topological polar surface area (TPSA) is 86.8 Å². The van der Waals surface area contributed by atoms with Gasteiger partial charge >= 0.3 is 6.18 Å². The Morgan fingerprint density at radius 3 is 2.21 bits per heavy atom. The molecule has 43 heavy (non-hydrogen) atoms. The molecule has 0 aliphatic carbocycles. The van der Waals surface area contributed by atoms with Crippen LogP contribution >= 0.6 is 11.6 Å². The molecule has 1 N–H and O–H groups in total. The molecule has 7 nitrogen and oxygen atoms in total. The highest BCUT2D eigenvalue weighted by Gasteiger charge is 2.37. The van der Waals surface area contributed by atoms with Crippen molar-refractivity contribution in [3.8, 4) is 0 Å². The van der Waals surface area contributed by atoms with Gasteiger partial charge in [-0.25, -0.2) is 8.42 Å². The lowest BCUT2D eigenvalue weighted by Crippen LogP contribution is -2.53. The minimum atomic E-state index is -4.88. The third kappa shape index (κ3) is 8.51. The van der Waals surface area contributed by atoms with Crippen LogP contribution in [0.2, 0.25) is 5.02 Å². The molecule has 0 heterocycles. The maximum Gasteiger partial charge on any atom is 0.417 e. The van der Waals surface area contributed by atoms with Gasteiger partial charge in [0.1, 0.15) is 12.6 Å². The predicted octanol–water partition coefficient (Wildman–Crippen LogP) is 6.58. The third-order valence-corrected chi connectivity index (χ3v) is 9.09. The van der Waals surface area contributed by atoms with Crippen LogP contribution in [0.5, 0.6) is 0 Å². The highest BCUT2D eigenvalue weighted by atomic mass is 35.5. The SMILES string of the molecule is CCC(C)NC(=O)C(CC)N(Cc1cccc(C)c1)C(=O)CN(c1ccc(Cl)c(C(F)(F)F)c1)S(=O)(=O)c1ccccc1. The van der Waals surface area contributed by atoms with Gasteiger partial charge in [0.25, 0.3) is 10.0 Å². The maximum absolute atomic E-state index is 14.1. The van der Waals surface area contributed by atoms with Crippen LogP contribution in [0.1, 0.15) is 50.3 Å². The van der Waals surface area contributed by atoms with Gasteiger partial charge in [-0.3, -0.25) is 13.9 Å². The van der Waals surface area contributed by atoms with Gasteiger partial charge in [0.15, 0.2) is 0 Å². The predicted molar refractivity (Wildman–Crippen MR) is 161 cm³/mol. The molecule has 0 spiro atoms. The summed E-state index contributed by atoms with van der Waals surface area (Å²) in [6.45, 7) is 6.43. The fourth-order valence-corrected chi connectivity index (χ4v) is 6.15. The molecule has 0 aliphatic heterocycles. The zero-order valence-electron chi connectivity index (χ0n) is 24.4. The fourth-order valence-electron chi connectivity index (χ4n) is 4.50. The Bertz CT molecular complexity index is 1530. The normalized spacial score (nSPS) is 13.2. The molecule has 12 heteroatoms. The lowest BCUT2D eigenvalue weighted by Gasteiger charge is -2.34. The molecule has 2 atom stereocenters. The number of sulfonamides is 1. The summed E-state index contributed by atoms with van der Waals surface area (Å²) in [4.78, 5) is 28.5. The molecule has 0 aromatic heterocycles. The van der Waals surface area contributed by atoms with E-state index in [1.165, 1.54) is 29.2 Å². The van der Waals surface area contributed by atoms with E-state index in [0.717, 1.165) is 17.7 Å². The summed E-state index contributed by atoms with van der Waals surface area (Å²) < 4.78 is 69.7. The molecule has 3 aromatic carbocycles. The lowest BCUT2D eigenvalue weighted by molar-refractivity contribution is -0.140. The van der Waals surface area contributed by atoms with Crippen LogP contribution < -0.4 is 9.62 Å². The number of nitrogens with one attached hydrogen (secondary N) is 1. The highest BCUT2D eigenvalue weighted by Crippen LogP contribution is 2.38. The van der Waals surface area contributed by atoms with Crippen LogP contribution in [0, 0.1) is 6.92 Å². The van der Waals surface area contributed by atoms with E-state index >= 15 is 0 Å². The van der Waals surface area contributed by atoms with Gasteiger partial charge in [0.05, 0.1) is 21.2 Å². The largest absolute Gasteiger partial charge is 0.417 e. The monoisotopic (exact) mass is 637 g/mol. The minimum absolute atomic E-state index is 0.0272. The second-order valence-electron chi connectivity index (χ2n) is 10.2. The summed E-state index contributed by atoms with van der Waals surface area (Å²) in [5.41, 5.74) is -0.0347. The van der Waals surface area contributed by atoms with Crippen molar-refractivity contribution >= 4 is 39.1 Å². The molecule has 3 rings (SSSR count). The number of hydrogen-bond acceptors (Lipinski definition) is 4. The van der Waals surface area contributed by atoms with Crippen LogP contribution in [-0.2, 0) is 32.3 Å². The van der Waals surface area contributed by atoms with E-state index in [0.29, 0.717) is 22.4 Å². The van der Waals surface area contributed by atoms with Gasteiger partial charge in [-0.1, -0.05) is 73.5 Å². The number of alkyl halides is 3. The van der Waals surface area contributed by atoms with Crippen molar-refractivity contribution < 1.29 is 31.2 Å². The van der Waals surface area contributed by atoms with E-state index in [1.54, 1.807) is 25.1 Å². The molecule has 0 saturated heterocycles. The van der Waals surface area contributed by atoms with Crippen molar-refractivity contribution in [3.05, 3.63) is 94.5 Å². The van der Waals surface area contributed by atoms with E-state index in [-0.39, 0.29) is 23.9 Å². The van der Waals surface area contributed by atoms with Crippen molar-refractivity contribution in [2.75, 3.05) is 10.8 Å². The van der Waals surface area contributed by atoms with Crippen LogP contribution in [0.15, 0.2) is 77.7 Å². The molecule has 0 radical (unpaired) electrons. The summed E-state index contributed by atoms with van der Waals surface area (Å²) in [6.07, 6.45) is -4.02. The summed E-state index contributed by atoms with van der Waals surface area (Å²) in [5, 5.41) is 2.26. The first-order valence-electron chi connectivity index (χ1n) is 13.8. The van der Waals surface area contributed by atoms with Crippen molar-refractivity contribution in [2.45, 2.75) is 70.2 Å². The van der Waals surface area contributed by atoms with Gasteiger partial charge in [-0.15, -0.1) is 0 Å². The van der Waals surface area contributed by atoms with Crippen LogP contribution in [0.25, 0.3) is 0 Å². The molecule has 0 bridgehead atoms. The Labute approximate surface area is 255 Å². The average Bonchev–Trinajstić information content (AvgIpc) is 2.95. The van der Waals surface area contributed by atoms with E-state index in [9.17, 15) is 31.2 Å². The molecular weight excluding hydrogens is 603 g/mol. The Morgan fingerprint density at radius 2 is 1.63 bits per heavy atom. The molecule has 0 saturated carbocycles. The second kappa shape index (κ2) is 14.3. The summed E-state index contributed by atoms with van der Waals surface area (Å²) in [5.74, 6) is -1.18. The first-order valence-corrected chi connectivity index (χ1v) is 15.6. The van der Waals surface area contributed by atoms with Crippen molar-refractivity contribution in [1.82, 2.24) is 10.2 Å². The molecule has 0 fully saturated rings. The van der Waals surface area contributed by atoms with Crippen molar-refractivity contribution in [1.29, 1.82) is 0 Å². The summed E-state index contributed by atoms with van der Waals surface area (Å²) in [6, 6.07) is 15.9. The van der Waals surface area contributed by atoms with Crippen LogP contribution in [0.4, 0.5) is 18.9 Å². The van der Waals surface area contributed by atoms with E-state index in [1.807, 2.05) is 32.9 Å². The second-order valence-corrected chi connectivity index (χ2v) is 12.5. The highest BCUT2D eigenvalue weighted by molar-refractivity contribution is 7.92. The molecule has 0 aliphatic rings. The number of amides is 2. The number of anilines is 1. The van der Waals surface area contributed by atoms with Gasteiger partial charge in [-0.2, -0.15) is 13.2 Å². The number of hydrogen-bond donors (Lipinski definition) is 1. The van der Waals surface area contributed by atoms with Crippen molar-refractivity contribution in [2.24, 2.45) is 0 Å². The minimum Gasteiger partial charge on any atom is -0.352 e. The molecule has 2 unspecified atom stereocenters. The standard InChI is InChI=1S/C31H35ClF3N3O4S/c1-5-22(4)36-30(40)28(6-2)37(19-23-12-10-11-21(3)17-23)29(39)20-38(43(41,42)25-13-8-7-9-14-25)24-15-16-27(32)26(18-24)31(33,34)35/h7-18,22,28H,5-6,19-20H2,1-4H3,(H,36,40). The third-order valence-electron chi connectivity index (χ3n) is 6.98. The summed E-state index contributed by atoms with van der Waals surface area (Å²) in [7, 11) is -4.54. The number of aryl methyl sites for hydroxylation is 1. The Kier molecular flexibility index (Phi) is 11.3. The van der Waals surface area contributed by atoms with Gasteiger partial charge < -0.3 is 10.2 Å². The first kappa shape index (κ1) is 33.9. The summed E-state index contributed by atoms with van der Waals surface area (Å²) >= 11 is 5.82. The van der Waals surface area contributed by atoms with Crippen LogP contribution in [-0.4, -0.2) is 43.8 Å². The Balaban J connectivity index is 2.14. The van der Waals surface area contributed by atoms with Crippen molar-refractivity contribution in [3.63, 3.8) is 0 Å². The molecular formula is C31H35ClF3N3O4S. The Morgan fingerprint density at radius 1 is 0.953 bits per heavy atom. The van der Waals surface area contributed by atoms with E-state index in [4.69, 9.17) is 11.6 Å². The van der Waals surface area contributed by atoms with Gasteiger partial charge in [-0.05, 0) is 62.6 Å².